The largest absolute Gasteiger partial charge is 0.505 e. The average molecular weight is 392 g/mol. The third kappa shape index (κ3) is 4.36. The van der Waals surface area contributed by atoms with Crippen LogP contribution < -0.4 is 5.32 Å². The van der Waals surface area contributed by atoms with Crippen LogP contribution in [0.15, 0.2) is 33.7 Å². The van der Waals surface area contributed by atoms with E-state index in [0.29, 0.717) is 8.95 Å². The minimum Gasteiger partial charge on any atom is -0.505 e. The zero-order valence-electron chi connectivity index (χ0n) is 10.1. The highest BCUT2D eigenvalue weighted by Gasteiger charge is 2.13. The van der Waals surface area contributed by atoms with Crippen LogP contribution in [-0.4, -0.2) is 35.4 Å². The highest BCUT2D eigenvalue weighted by Crippen LogP contribution is 2.35. The molecule has 1 rings (SSSR count). The molecule has 0 spiro atoms. The van der Waals surface area contributed by atoms with Gasteiger partial charge in [0.25, 0.3) is 0 Å². The number of phenols is 1. The van der Waals surface area contributed by atoms with Crippen molar-refractivity contribution in [1.82, 2.24) is 4.90 Å². The zero-order chi connectivity index (χ0) is 14.6. The van der Waals surface area contributed by atoms with Gasteiger partial charge in [-0.2, -0.15) is 0 Å². The molecule has 0 aliphatic rings. The van der Waals surface area contributed by atoms with Crippen molar-refractivity contribution in [2.45, 2.75) is 0 Å². The van der Waals surface area contributed by atoms with Crippen molar-refractivity contribution in [2.75, 3.05) is 18.9 Å². The van der Waals surface area contributed by atoms with Crippen LogP contribution in [0.25, 0.3) is 0 Å². The number of phenolic OH excluding ortho intramolecular Hbond substituents is 1. The van der Waals surface area contributed by atoms with E-state index < -0.39 is 5.91 Å². The number of halogens is 2. The van der Waals surface area contributed by atoms with Gasteiger partial charge in [-0.1, -0.05) is 22.5 Å². The molecule has 19 heavy (non-hydrogen) atoms. The van der Waals surface area contributed by atoms with E-state index in [1.165, 1.54) is 11.9 Å². The van der Waals surface area contributed by atoms with Crippen molar-refractivity contribution >= 4 is 49.4 Å². The number of aromatic hydroxyl groups is 1. The molecule has 2 amide bonds. The van der Waals surface area contributed by atoms with Gasteiger partial charge in [0.1, 0.15) is 0 Å². The summed E-state index contributed by atoms with van der Waals surface area (Å²) in [5, 5.41) is 12.3. The fourth-order valence-corrected chi connectivity index (χ4v) is 2.53. The first-order valence-corrected chi connectivity index (χ1v) is 6.79. The van der Waals surface area contributed by atoms with Crippen molar-refractivity contribution in [1.29, 1.82) is 0 Å². The molecule has 1 aromatic rings. The number of likely N-dealkylation sites (N-methyl/N-ethyl adjacent to an activating group) is 1. The molecule has 0 radical (unpaired) electrons. The number of amides is 2. The molecule has 2 N–H and O–H groups in total. The van der Waals surface area contributed by atoms with E-state index in [4.69, 9.17) is 0 Å². The Morgan fingerprint density at radius 3 is 2.68 bits per heavy atom. The lowest BCUT2D eigenvalue weighted by Gasteiger charge is -2.15. The number of carbonyl (C=O) groups is 2. The van der Waals surface area contributed by atoms with Crippen molar-refractivity contribution in [3.8, 4) is 5.75 Å². The summed E-state index contributed by atoms with van der Waals surface area (Å²) in [6.07, 6.45) is 1.13. The molecule has 0 fully saturated rings. The van der Waals surface area contributed by atoms with Gasteiger partial charge in [-0.05, 0) is 34.1 Å². The highest BCUT2D eigenvalue weighted by atomic mass is 79.9. The van der Waals surface area contributed by atoms with E-state index in [2.05, 4.69) is 43.8 Å². The summed E-state index contributed by atoms with van der Waals surface area (Å²) < 4.78 is 1.15. The molecule has 102 valence electrons. The first-order valence-electron chi connectivity index (χ1n) is 5.20. The van der Waals surface area contributed by atoms with Crippen LogP contribution in [-0.2, 0) is 9.59 Å². The minimum atomic E-state index is -0.419. The van der Waals surface area contributed by atoms with Crippen molar-refractivity contribution < 1.29 is 14.7 Å². The Bertz CT molecular complexity index is 532. The van der Waals surface area contributed by atoms with Crippen molar-refractivity contribution in [3.63, 3.8) is 0 Å². The number of rotatable bonds is 4. The molecule has 0 atom stereocenters. The number of anilines is 1. The fourth-order valence-electron chi connectivity index (χ4n) is 1.30. The Hall–Kier alpha value is -1.34. The molecule has 0 heterocycles. The van der Waals surface area contributed by atoms with Gasteiger partial charge in [-0.15, -0.1) is 0 Å². The normalized spacial score (nSPS) is 9.84. The maximum absolute atomic E-state index is 11.7. The third-order valence-electron chi connectivity index (χ3n) is 2.23. The minimum absolute atomic E-state index is 0.0748. The van der Waals surface area contributed by atoms with Crippen LogP contribution in [0.2, 0.25) is 0 Å². The molecule has 1 aromatic carbocycles. The van der Waals surface area contributed by atoms with E-state index in [9.17, 15) is 14.7 Å². The monoisotopic (exact) mass is 390 g/mol. The SMILES string of the molecule is C=CC(=O)N(C)CC(=O)Nc1cc(Br)cc(Br)c1O. The molecular formula is C12H12Br2N2O3. The smallest absolute Gasteiger partial charge is 0.246 e. The predicted octanol–water partition coefficient (Wildman–Crippen LogP) is 2.50. The van der Waals surface area contributed by atoms with Gasteiger partial charge in [0.2, 0.25) is 11.8 Å². The quantitative estimate of drug-likeness (QED) is 0.612. The van der Waals surface area contributed by atoms with Gasteiger partial charge in [0.15, 0.2) is 5.75 Å². The molecule has 0 saturated carbocycles. The summed E-state index contributed by atoms with van der Waals surface area (Å²) >= 11 is 6.42. The van der Waals surface area contributed by atoms with Crippen LogP contribution in [0.3, 0.4) is 0 Å². The Morgan fingerprint density at radius 1 is 1.47 bits per heavy atom. The first-order chi connectivity index (χ1) is 8.85. The second kappa shape index (κ2) is 6.72. The molecule has 0 unspecified atom stereocenters. The van der Waals surface area contributed by atoms with Crippen LogP contribution >= 0.6 is 31.9 Å². The van der Waals surface area contributed by atoms with Crippen LogP contribution in [0.5, 0.6) is 5.75 Å². The van der Waals surface area contributed by atoms with Gasteiger partial charge in [0, 0.05) is 11.5 Å². The number of nitrogens with one attached hydrogen (secondary N) is 1. The van der Waals surface area contributed by atoms with E-state index in [1.807, 2.05) is 0 Å². The van der Waals surface area contributed by atoms with Gasteiger partial charge in [-0.3, -0.25) is 9.59 Å². The van der Waals surface area contributed by atoms with E-state index in [0.717, 1.165) is 6.08 Å². The summed E-state index contributed by atoms with van der Waals surface area (Å²) in [5.41, 5.74) is 0.255. The summed E-state index contributed by atoms with van der Waals surface area (Å²) in [4.78, 5) is 24.2. The number of benzene rings is 1. The van der Waals surface area contributed by atoms with Crippen molar-refractivity contribution in [2.24, 2.45) is 0 Å². The third-order valence-corrected chi connectivity index (χ3v) is 3.30. The molecular weight excluding hydrogens is 380 g/mol. The number of hydrogen-bond acceptors (Lipinski definition) is 3. The summed E-state index contributed by atoms with van der Waals surface area (Å²) in [6.45, 7) is 3.20. The lowest BCUT2D eigenvalue weighted by molar-refractivity contribution is -0.129. The molecule has 5 nitrogen and oxygen atoms in total. The predicted molar refractivity (Wildman–Crippen MR) is 80.0 cm³/mol. The number of hydrogen-bond donors (Lipinski definition) is 2. The second-order valence-corrected chi connectivity index (χ2v) is 5.50. The highest BCUT2D eigenvalue weighted by molar-refractivity contribution is 9.11. The Morgan fingerprint density at radius 2 is 2.11 bits per heavy atom. The standard InChI is InChI=1S/C12H12Br2N2O3/c1-3-11(18)16(2)6-10(17)15-9-5-7(13)4-8(14)12(9)19/h3-5,19H,1,6H2,2H3,(H,15,17). The van der Waals surface area contributed by atoms with Crippen LogP contribution in [0.4, 0.5) is 5.69 Å². The fraction of sp³-hybridized carbons (Fsp3) is 0.167. The molecule has 0 aromatic heterocycles. The average Bonchev–Trinajstić information content (AvgIpc) is 2.34. The lowest BCUT2D eigenvalue weighted by atomic mass is 10.3. The molecule has 0 bridgehead atoms. The maximum atomic E-state index is 11.7. The lowest BCUT2D eigenvalue weighted by Crippen LogP contribution is -2.33. The topological polar surface area (TPSA) is 69.6 Å². The molecule has 0 saturated heterocycles. The van der Waals surface area contributed by atoms with Gasteiger partial charge >= 0.3 is 0 Å². The summed E-state index contributed by atoms with van der Waals surface area (Å²) in [7, 11) is 1.49. The van der Waals surface area contributed by atoms with Crippen LogP contribution in [0.1, 0.15) is 0 Å². The summed E-state index contributed by atoms with van der Waals surface area (Å²) in [6, 6.07) is 3.21. The molecule has 7 heteroatoms. The molecule has 0 aliphatic heterocycles. The summed E-state index contributed by atoms with van der Waals surface area (Å²) in [5.74, 6) is -0.845. The van der Waals surface area contributed by atoms with Gasteiger partial charge in [0.05, 0.1) is 16.7 Å². The maximum Gasteiger partial charge on any atom is 0.246 e. The Labute approximate surface area is 127 Å². The molecule has 0 aliphatic carbocycles. The number of carbonyl (C=O) groups excluding carboxylic acids is 2. The Kier molecular flexibility index (Phi) is 5.56. The van der Waals surface area contributed by atoms with Gasteiger partial charge in [-0.25, -0.2) is 0 Å². The zero-order valence-corrected chi connectivity index (χ0v) is 13.3. The Balaban J connectivity index is 2.78. The first kappa shape index (κ1) is 15.7. The van der Waals surface area contributed by atoms with Crippen molar-refractivity contribution in [3.05, 3.63) is 33.7 Å². The van der Waals surface area contributed by atoms with E-state index in [1.54, 1.807) is 12.1 Å². The second-order valence-electron chi connectivity index (χ2n) is 3.73. The number of nitrogens with zero attached hydrogens (tertiary/aromatic N) is 1. The van der Waals surface area contributed by atoms with E-state index >= 15 is 0 Å². The van der Waals surface area contributed by atoms with Gasteiger partial charge < -0.3 is 15.3 Å². The van der Waals surface area contributed by atoms with Crippen LogP contribution in [0, 0.1) is 0 Å². The van der Waals surface area contributed by atoms with E-state index in [-0.39, 0.29) is 23.9 Å².